The molecule has 0 radical (unpaired) electrons. The van der Waals surface area contributed by atoms with E-state index in [1.807, 2.05) is 29.2 Å². The molecule has 1 saturated heterocycles. The average molecular weight is 513 g/mol. The summed E-state index contributed by atoms with van der Waals surface area (Å²) < 4.78 is 50.6. The van der Waals surface area contributed by atoms with Gasteiger partial charge in [-0.1, -0.05) is 18.2 Å². The fraction of sp³-hybridized carbons (Fsp3) is 0.375. The zero-order valence-electron chi connectivity index (χ0n) is 19.6. The largest absolute Gasteiger partial charge is 0.497 e. The van der Waals surface area contributed by atoms with Crippen molar-refractivity contribution in [3.63, 3.8) is 0 Å². The quantitative estimate of drug-likeness (QED) is 0.553. The summed E-state index contributed by atoms with van der Waals surface area (Å²) >= 11 is 0. The summed E-state index contributed by atoms with van der Waals surface area (Å²) in [5.74, 6) is -2.81. The first-order chi connectivity index (χ1) is 17.0. The molecule has 12 heteroatoms. The molecule has 2 aromatic carbocycles. The number of carbonyl (C=O) groups is 3. The number of benzene rings is 2. The van der Waals surface area contributed by atoms with Gasteiger partial charge in [0, 0.05) is 51.3 Å². The first-order valence-corrected chi connectivity index (χ1v) is 11.0. The Labute approximate surface area is 205 Å². The summed E-state index contributed by atoms with van der Waals surface area (Å²) in [6, 6.07) is 13.0. The van der Waals surface area contributed by atoms with Crippen LogP contribution >= 0.6 is 0 Å². The molecule has 0 aliphatic carbocycles. The van der Waals surface area contributed by atoms with E-state index in [0.29, 0.717) is 25.4 Å². The number of alkyl halides is 3. The first-order valence-electron chi connectivity index (χ1n) is 11.0. The second-order valence-electron chi connectivity index (χ2n) is 7.77. The van der Waals surface area contributed by atoms with Gasteiger partial charge in [0.25, 0.3) is 5.91 Å². The molecule has 1 heterocycles. The fourth-order valence-electron chi connectivity index (χ4n) is 3.35. The molecule has 2 aromatic rings. The Bertz CT molecular complexity index is 1040. The number of amides is 2. The van der Waals surface area contributed by atoms with Crippen LogP contribution in [0.15, 0.2) is 48.5 Å². The number of aliphatic carboxylic acids is 1. The topological polar surface area (TPSA) is 99.2 Å². The fourth-order valence-corrected chi connectivity index (χ4v) is 3.35. The smallest absolute Gasteiger partial charge is 0.490 e. The molecule has 0 atom stereocenters. The Hall–Kier alpha value is -3.67. The second-order valence-corrected chi connectivity index (χ2v) is 7.77. The van der Waals surface area contributed by atoms with Crippen LogP contribution in [0.5, 0.6) is 5.75 Å². The lowest BCUT2D eigenvalue weighted by Crippen LogP contribution is -2.47. The Morgan fingerprint density at radius 2 is 1.72 bits per heavy atom. The van der Waals surface area contributed by atoms with Crippen molar-refractivity contribution in [3.05, 3.63) is 65.5 Å². The van der Waals surface area contributed by atoms with Crippen molar-refractivity contribution in [1.82, 2.24) is 15.1 Å². The third kappa shape index (κ3) is 9.17. The molecule has 0 bridgehead atoms. The minimum Gasteiger partial charge on any atom is -0.497 e. The minimum absolute atomic E-state index is 0.0224. The number of piperazine rings is 1. The Balaban J connectivity index is 0.000000572. The molecule has 2 N–H and O–H groups in total. The number of methoxy groups -OCH3 is 1. The van der Waals surface area contributed by atoms with E-state index >= 15 is 0 Å². The molecular weight excluding hydrogens is 486 g/mol. The monoisotopic (exact) mass is 513 g/mol. The standard InChI is InChI=1S/C22H26FN3O3.C2HF3O2/c1-29-20-7-2-4-17(14-20)16-26(22(28)18-5-3-6-19(23)15-18)11-8-21(27)25-12-9-24-10-13-25;3-2(4,5)1(6)7/h2-7,14-15,24H,8-13,16H2,1H3;(H,6,7). The number of halogens is 4. The maximum Gasteiger partial charge on any atom is 0.490 e. The number of carboxylic acids is 1. The van der Waals surface area contributed by atoms with Crippen molar-refractivity contribution in [2.24, 2.45) is 0 Å². The number of hydrogen-bond acceptors (Lipinski definition) is 5. The molecule has 0 aromatic heterocycles. The van der Waals surface area contributed by atoms with Gasteiger partial charge in [0.2, 0.25) is 5.91 Å². The molecular formula is C24H27F4N3O5. The molecule has 3 rings (SSSR count). The van der Waals surface area contributed by atoms with Crippen LogP contribution in [0.3, 0.4) is 0 Å². The van der Waals surface area contributed by atoms with E-state index in [4.69, 9.17) is 14.6 Å². The lowest BCUT2D eigenvalue weighted by atomic mass is 10.1. The Morgan fingerprint density at radius 3 is 2.31 bits per heavy atom. The van der Waals surface area contributed by atoms with Crippen molar-refractivity contribution in [2.75, 3.05) is 39.8 Å². The number of carboxylic acid groups (broad SMARTS) is 1. The van der Waals surface area contributed by atoms with Gasteiger partial charge >= 0.3 is 12.1 Å². The summed E-state index contributed by atoms with van der Waals surface area (Å²) in [7, 11) is 1.58. The molecule has 8 nitrogen and oxygen atoms in total. The summed E-state index contributed by atoms with van der Waals surface area (Å²) in [5.41, 5.74) is 1.14. The van der Waals surface area contributed by atoms with E-state index < -0.39 is 18.0 Å². The van der Waals surface area contributed by atoms with E-state index in [9.17, 15) is 27.2 Å². The Morgan fingerprint density at radius 1 is 1.08 bits per heavy atom. The van der Waals surface area contributed by atoms with Crippen LogP contribution in [0.2, 0.25) is 0 Å². The summed E-state index contributed by atoms with van der Waals surface area (Å²) in [4.78, 5) is 37.9. The van der Waals surface area contributed by atoms with Crippen LogP contribution in [0.1, 0.15) is 22.3 Å². The van der Waals surface area contributed by atoms with Crippen LogP contribution < -0.4 is 10.1 Å². The third-order valence-corrected chi connectivity index (χ3v) is 5.17. The van der Waals surface area contributed by atoms with E-state index in [1.165, 1.54) is 18.2 Å². The van der Waals surface area contributed by atoms with Crippen molar-refractivity contribution < 1.29 is 41.8 Å². The van der Waals surface area contributed by atoms with Crippen molar-refractivity contribution >= 4 is 17.8 Å². The predicted octanol–water partition coefficient (Wildman–Crippen LogP) is 2.93. The van der Waals surface area contributed by atoms with E-state index in [1.54, 1.807) is 18.1 Å². The first kappa shape index (κ1) is 28.6. The molecule has 36 heavy (non-hydrogen) atoms. The Kier molecular flexibility index (Phi) is 10.7. The molecule has 0 unspecified atom stereocenters. The van der Waals surface area contributed by atoms with Gasteiger partial charge in [0.05, 0.1) is 7.11 Å². The highest BCUT2D eigenvalue weighted by molar-refractivity contribution is 5.94. The molecule has 2 amide bonds. The lowest BCUT2D eigenvalue weighted by Gasteiger charge is -2.29. The van der Waals surface area contributed by atoms with E-state index in [2.05, 4.69) is 5.32 Å². The summed E-state index contributed by atoms with van der Waals surface area (Å²) in [6.07, 6.45) is -4.86. The predicted molar refractivity (Wildman–Crippen MR) is 122 cm³/mol. The van der Waals surface area contributed by atoms with Gasteiger partial charge in [-0.05, 0) is 35.9 Å². The van der Waals surface area contributed by atoms with Gasteiger partial charge in [-0.25, -0.2) is 9.18 Å². The lowest BCUT2D eigenvalue weighted by molar-refractivity contribution is -0.192. The number of nitrogens with zero attached hydrogens (tertiary/aromatic N) is 2. The van der Waals surface area contributed by atoms with Crippen molar-refractivity contribution in [3.8, 4) is 5.75 Å². The molecule has 1 aliphatic heterocycles. The van der Waals surface area contributed by atoms with Crippen LogP contribution in [-0.2, 0) is 16.1 Å². The SMILES string of the molecule is COc1cccc(CN(CCC(=O)N2CCNCC2)C(=O)c2cccc(F)c2)c1.O=C(O)C(F)(F)F. The number of hydrogen-bond donors (Lipinski definition) is 2. The normalized spacial score (nSPS) is 13.3. The highest BCUT2D eigenvalue weighted by Crippen LogP contribution is 2.17. The van der Waals surface area contributed by atoms with Gasteiger partial charge in [0.1, 0.15) is 11.6 Å². The van der Waals surface area contributed by atoms with Gasteiger partial charge in [-0.3, -0.25) is 9.59 Å². The highest BCUT2D eigenvalue weighted by atomic mass is 19.4. The molecule has 0 saturated carbocycles. The average Bonchev–Trinajstić information content (AvgIpc) is 2.86. The number of nitrogens with one attached hydrogen (secondary N) is 1. The van der Waals surface area contributed by atoms with Crippen LogP contribution in [0.25, 0.3) is 0 Å². The third-order valence-electron chi connectivity index (χ3n) is 5.17. The van der Waals surface area contributed by atoms with E-state index in [-0.39, 0.29) is 30.3 Å². The van der Waals surface area contributed by atoms with Gasteiger partial charge in [-0.2, -0.15) is 13.2 Å². The van der Waals surface area contributed by atoms with E-state index in [0.717, 1.165) is 18.7 Å². The van der Waals surface area contributed by atoms with Gasteiger partial charge < -0.3 is 25.0 Å². The second kappa shape index (κ2) is 13.4. The summed E-state index contributed by atoms with van der Waals surface area (Å²) in [5, 5.41) is 10.3. The number of ether oxygens (including phenoxy) is 1. The number of rotatable bonds is 7. The van der Waals surface area contributed by atoms with Crippen molar-refractivity contribution in [1.29, 1.82) is 0 Å². The molecule has 1 aliphatic rings. The molecule has 196 valence electrons. The zero-order chi connectivity index (χ0) is 26.7. The van der Waals surface area contributed by atoms with Crippen LogP contribution in [-0.4, -0.2) is 78.7 Å². The maximum atomic E-state index is 13.6. The highest BCUT2D eigenvalue weighted by Gasteiger charge is 2.38. The van der Waals surface area contributed by atoms with Gasteiger partial charge in [-0.15, -0.1) is 0 Å². The minimum atomic E-state index is -5.08. The molecule has 0 spiro atoms. The molecule has 1 fully saturated rings. The van der Waals surface area contributed by atoms with Gasteiger partial charge in [0.15, 0.2) is 0 Å². The maximum absolute atomic E-state index is 13.6. The number of carbonyl (C=O) groups excluding carboxylic acids is 2. The van der Waals surface area contributed by atoms with Crippen LogP contribution in [0, 0.1) is 5.82 Å². The zero-order valence-corrected chi connectivity index (χ0v) is 19.6. The van der Waals surface area contributed by atoms with Crippen LogP contribution in [0.4, 0.5) is 17.6 Å². The van der Waals surface area contributed by atoms with Crippen molar-refractivity contribution in [2.45, 2.75) is 19.1 Å². The summed E-state index contributed by atoms with van der Waals surface area (Å²) in [6.45, 7) is 3.47.